The van der Waals surface area contributed by atoms with E-state index in [-0.39, 0.29) is 11.3 Å². The third kappa shape index (κ3) is 6.83. The van der Waals surface area contributed by atoms with Gasteiger partial charge in [0.15, 0.2) is 0 Å². The predicted octanol–water partition coefficient (Wildman–Crippen LogP) is 2.17. The maximum absolute atomic E-state index is 11.4. The van der Waals surface area contributed by atoms with E-state index in [0.29, 0.717) is 12.5 Å². The smallest absolute Gasteiger partial charge is 0.233 e. The van der Waals surface area contributed by atoms with Crippen molar-refractivity contribution in [2.45, 2.75) is 47.5 Å². The SMILES string of the molecule is CCCCNC(=O)CNCC(C)(C)C(C)C. The molecule has 0 aliphatic carbocycles. The van der Waals surface area contributed by atoms with E-state index < -0.39 is 0 Å². The van der Waals surface area contributed by atoms with Gasteiger partial charge in [0.25, 0.3) is 0 Å². The molecule has 0 aromatic heterocycles. The van der Waals surface area contributed by atoms with Crippen LogP contribution in [-0.2, 0) is 4.79 Å². The standard InChI is InChI=1S/C13H28N2O/c1-6-7-8-15-12(16)9-14-10-13(4,5)11(2)3/h11,14H,6-10H2,1-5H3,(H,15,16). The Kier molecular flexibility index (Phi) is 7.39. The topological polar surface area (TPSA) is 41.1 Å². The van der Waals surface area contributed by atoms with Gasteiger partial charge in [0.1, 0.15) is 0 Å². The average molecular weight is 228 g/mol. The molecule has 3 nitrogen and oxygen atoms in total. The third-order valence-corrected chi connectivity index (χ3v) is 3.28. The van der Waals surface area contributed by atoms with E-state index in [0.717, 1.165) is 25.9 Å². The summed E-state index contributed by atoms with van der Waals surface area (Å²) in [5.74, 6) is 0.719. The quantitative estimate of drug-likeness (QED) is 0.625. The zero-order valence-corrected chi connectivity index (χ0v) is 11.5. The minimum absolute atomic E-state index is 0.105. The highest BCUT2D eigenvalue weighted by Gasteiger charge is 2.21. The molecule has 0 rings (SSSR count). The summed E-state index contributed by atoms with van der Waals surface area (Å²) >= 11 is 0. The Morgan fingerprint density at radius 3 is 2.44 bits per heavy atom. The summed E-state index contributed by atoms with van der Waals surface area (Å²) in [6.45, 7) is 13.1. The van der Waals surface area contributed by atoms with Gasteiger partial charge in [0.2, 0.25) is 5.91 Å². The number of carbonyl (C=O) groups is 1. The summed E-state index contributed by atoms with van der Waals surface area (Å²) in [5.41, 5.74) is 0.240. The van der Waals surface area contributed by atoms with E-state index in [1.807, 2.05) is 0 Å². The number of carbonyl (C=O) groups excluding carboxylic acids is 1. The number of unbranched alkanes of at least 4 members (excludes halogenated alkanes) is 1. The molecule has 0 saturated carbocycles. The van der Waals surface area contributed by atoms with Gasteiger partial charge in [-0.15, -0.1) is 0 Å². The van der Waals surface area contributed by atoms with E-state index >= 15 is 0 Å². The van der Waals surface area contributed by atoms with E-state index in [9.17, 15) is 4.79 Å². The van der Waals surface area contributed by atoms with Gasteiger partial charge in [0, 0.05) is 13.1 Å². The van der Waals surface area contributed by atoms with Crippen molar-refractivity contribution in [2.24, 2.45) is 11.3 Å². The molecular formula is C13H28N2O. The summed E-state index contributed by atoms with van der Waals surface area (Å²) in [5, 5.41) is 6.12. The molecule has 0 aliphatic rings. The van der Waals surface area contributed by atoms with E-state index in [1.165, 1.54) is 0 Å². The van der Waals surface area contributed by atoms with Crippen molar-refractivity contribution in [3.63, 3.8) is 0 Å². The van der Waals surface area contributed by atoms with Crippen molar-refractivity contribution in [2.75, 3.05) is 19.6 Å². The Labute approximate surface area is 100 Å². The van der Waals surface area contributed by atoms with Crippen molar-refractivity contribution in [3.05, 3.63) is 0 Å². The van der Waals surface area contributed by atoms with Gasteiger partial charge in [-0.2, -0.15) is 0 Å². The first kappa shape index (κ1) is 15.4. The second-order valence-electron chi connectivity index (χ2n) is 5.45. The Hall–Kier alpha value is -0.570. The molecular weight excluding hydrogens is 200 g/mol. The molecule has 0 bridgehead atoms. The average Bonchev–Trinajstić information content (AvgIpc) is 2.17. The van der Waals surface area contributed by atoms with Crippen LogP contribution >= 0.6 is 0 Å². The first-order valence-corrected chi connectivity index (χ1v) is 6.37. The first-order chi connectivity index (χ1) is 7.40. The van der Waals surface area contributed by atoms with Gasteiger partial charge in [-0.1, -0.05) is 41.0 Å². The summed E-state index contributed by atoms with van der Waals surface area (Å²) < 4.78 is 0. The van der Waals surface area contributed by atoms with Crippen LogP contribution < -0.4 is 10.6 Å². The molecule has 0 spiro atoms. The number of nitrogens with one attached hydrogen (secondary N) is 2. The lowest BCUT2D eigenvalue weighted by atomic mass is 9.81. The van der Waals surface area contributed by atoms with Crippen LogP contribution in [0.3, 0.4) is 0 Å². The summed E-state index contributed by atoms with van der Waals surface area (Å²) in [6, 6.07) is 0. The molecule has 0 heterocycles. The van der Waals surface area contributed by atoms with Crippen molar-refractivity contribution >= 4 is 5.91 Å². The van der Waals surface area contributed by atoms with Crippen LogP contribution in [0.4, 0.5) is 0 Å². The maximum atomic E-state index is 11.4. The zero-order valence-electron chi connectivity index (χ0n) is 11.5. The Bertz CT molecular complexity index is 200. The van der Waals surface area contributed by atoms with Crippen LogP contribution in [0.1, 0.15) is 47.5 Å². The van der Waals surface area contributed by atoms with E-state index in [4.69, 9.17) is 0 Å². The van der Waals surface area contributed by atoms with Crippen LogP contribution in [-0.4, -0.2) is 25.5 Å². The molecule has 0 radical (unpaired) electrons. The summed E-state index contributed by atoms with van der Waals surface area (Å²) in [7, 11) is 0. The molecule has 16 heavy (non-hydrogen) atoms. The van der Waals surface area contributed by atoms with Crippen molar-refractivity contribution in [1.82, 2.24) is 10.6 Å². The van der Waals surface area contributed by atoms with Crippen molar-refractivity contribution in [1.29, 1.82) is 0 Å². The van der Waals surface area contributed by atoms with E-state index in [1.54, 1.807) is 0 Å². The van der Waals surface area contributed by atoms with Crippen LogP contribution in [0.15, 0.2) is 0 Å². The molecule has 96 valence electrons. The monoisotopic (exact) mass is 228 g/mol. The van der Waals surface area contributed by atoms with Gasteiger partial charge >= 0.3 is 0 Å². The molecule has 2 N–H and O–H groups in total. The van der Waals surface area contributed by atoms with Crippen LogP contribution in [0.25, 0.3) is 0 Å². The fourth-order valence-corrected chi connectivity index (χ4v) is 1.17. The third-order valence-electron chi connectivity index (χ3n) is 3.28. The fraction of sp³-hybridized carbons (Fsp3) is 0.923. The van der Waals surface area contributed by atoms with Crippen LogP contribution in [0, 0.1) is 11.3 Å². The molecule has 0 aromatic rings. The Morgan fingerprint density at radius 1 is 1.31 bits per heavy atom. The van der Waals surface area contributed by atoms with Crippen LogP contribution in [0.2, 0.25) is 0 Å². The number of hydrogen-bond donors (Lipinski definition) is 2. The fourth-order valence-electron chi connectivity index (χ4n) is 1.17. The highest BCUT2D eigenvalue weighted by atomic mass is 16.1. The molecule has 0 aromatic carbocycles. The summed E-state index contributed by atoms with van der Waals surface area (Å²) in [6.07, 6.45) is 2.18. The minimum Gasteiger partial charge on any atom is -0.355 e. The molecule has 0 unspecified atom stereocenters. The highest BCUT2D eigenvalue weighted by molar-refractivity contribution is 5.77. The molecule has 0 atom stereocenters. The lowest BCUT2D eigenvalue weighted by molar-refractivity contribution is -0.120. The number of amides is 1. The number of rotatable bonds is 8. The lowest BCUT2D eigenvalue weighted by Crippen LogP contribution is -2.40. The lowest BCUT2D eigenvalue weighted by Gasteiger charge is -2.29. The Morgan fingerprint density at radius 2 is 1.94 bits per heavy atom. The van der Waals surface area contributed by atoms with E-state index in [2.05, 4.69) is 45.3 Å². The Balaban J connectivity index is 3.61. The second kappa shape index (κ2) is 7.66. The molecule has 0 fully saturated rings. The largest absolute Gasteiger partial charge is 0.355 e. The summed E-state index contributed by atoms with van der Waals surface area (Å²) in [4.78, 5) is 11.4. The van der Waals surface area contributed by atoms with Crippen LogP contribution in [0.5, 0.6) is 0 Å². The molecule has 0 aliphatic heterocycles. The van der Waals surface area contributed by atoms with Gasteiger partial charge in [-0.3, -0.25) is 4.79 Å². The second-order valence-corrected chi connectivity index (χ2v) is 5.45. The predicted molar refractivity (Wildman–Crippen MR) is 69.4 cm³/mol. The molecule has 1 amide bonds. The number of hydrogen-bond acceptors (Lipinski definition) is 2. The van der Waals surface area contributed by atoms with Gasteiger partial charge < -0.3 is 10.6 Å². The normalized spacial score (nSPS) is 11.9. The molecule has 3 heteroatoms. The van der Waals surface area contributed by atoms with Gasteiger partial charge in [-0.25, -0.2) is 0 Å². The van der Waals surface area contributed by atoms with Crippen molar-refractivity contribution < 1.29 is 4.79 Å². The molecule has 0 saturated heterocycles. The van der Waals surface area contributed by atoms with Crippen molar-refractivity contribution in [3.8, 4) is 0 Å². The van der Waals surface area contributed by atoms with Gasteiger partial charge in [-0.05, 0) is 17.8 Å². The van der Waals surface area contributed by atoms with Gasteiger partial charge in [0.05, 0.1) is 6.54 Å². The minimum atomic E-state index is 0.105. The zero-order chi connectivity index (χ0) is 12.6. The first-order valence-electron chi connectivity index (χ1n) is 6.37. The maximum Gasteiger partial charge on any atom is 0.233 e. The highest BCUT2D eigenvalue weighted by Crippen LogP contribution is 2.24.